The zero-order valence-electron chi connectivity index (χ0n) is 18.1. The van der Waals surface area contributed by atoms with Crippen molar-refractivity contribution in [2.75, 3.05) is 26.2 Å². The molecule has 6 nitrogen and oxygen atoms in total. The number of Topliss-reactive ketones (excluding diaryl/α,β-unsaturated/α-hetero) is 1. The van der Waals surface area contributed by atoms with Gasteiger partial charge in [-0.25, -0.2) is 0 Å². The SMILES string of the molecule is CCN(CC)CCCN1C(=O)C(=O)/C(=C(\O)c2cc(C)ccc2C)C1c1ccco1. The van der Waals surface area contributed by atoms with Gasteiger partial charge >= 0.3 is 0 Å². The van der Waals surface area contributed by atoms with Gasteiger partial charge in [0.15, 0.2) is 0 Å². The lowest BCUT2D eigenvalue weighted by Gasteiger charge is -2.25. The number of hydrogen-bond acceptors (Lipinski definition) is 5. The van der Waals surface area contributed by atoms with Crippen LogP contribution in [0.4, 0.5) is 0 Å². The van der Waals surface area contributed by atoms with Crippen LogP contribution in [0.15, 0.2) is 46.6 Å². The molecule has 0 radical (unpaired) electrons. The third kappa shape index (κ3) is 4.19. The Morgan fingerprint density at radius 2 is 1.90 bits per heavy atom. The highest BCUT2D eigenvalue weighted by Crippen LogP contribution is 2.40. The Morgan fingerprint density at radius 3 is 2.53 bits per heavy atom. The van der Waals surface area contributed by atoms with Crippen molar-refractivity contribution in [2.45, 2.75) is 40.2 Å². The van der Waals surface area contributed by atoms with Gasteiger partial charge in [-0.15, -0.1) is 0 Å². The molecule has 0 aliphatic carbocycles. The summed E-state index contributed by atoms with van der Waals surface area (Å²) < 4.78 is 5.58. The van der Waals surface area contributed by atoms with E-state index in [-0.39, 0.29) is 11.3 Å². The van der Waals surface area contributed by atoms with E-state index in [1.165, 1.54) is 11.2 Å². The van der Waals surface area contributed by atoms with Gasteiger partial charge in [-0.3, -0.25) is 9.59 Å². The zero-order chi connectivity index (χ0) is 21.8. The molecule has 1 atom stereocenters. The molecular weight excluding hydrogens is 380 g/mol. The smallest absolute Gasteiger partial charge is 0.295 e. The normalized spacial score (nSPS) is 18.6. The summed E-state index contributed by atoms with van der Waals surface area (Å²) >= 11 is 0. The number of aryl methyl sites for hydroxylation is 2. The topological polar surface area (TPSA) is 74.0 Å². The fourth-order valence-corrected chi connectivity index (χ4v) is 3.99. The van der Waals surface area contributed by atoms with Gasteiger partial charge in [-0.1, -0.05) is 31.5 Å². The molecule has 6 heteroatoms. The molecule has 1 aromatic carbocycles. The summed E-state index contributed by atoms with van der Waals surface area (Å²) in [5, 5.41) is 11.1. The molecule has 0 bridgehead atoms. The van der Waals surface area contributed by atoms with Crippen LogP contribution in [0.2, 0.25) is 0 Å². The van der Waals surface area contributed by atoms with E-state index in [9.17, 15) is 14.7 Å². The minimum absolute atomic E-state index is 0.0893. The number of amides is 1. The van der Waals surface area contributed by atoms with Crippen molar-refractivity contribution in [3.8, 4) is 0 Å². The van der Waals surface area contributed by atoms with Crippen LogP contribution in [0, 0.1) is 13.8 Å². The molecule has 0 saturated carbocycles. The second kappa shape index (κ2) is 9.30. The van der Waals surface area contributed by atoms with E-state index in [2.05, 4.69) is 18.7 Å². The summed E-state index contributed by atoms with van der Waals surface area (Å²) in [6, 6.07) is 8.41. The fourth-order valence-electron chi connectivity index (χ4n) is 3.99. The molecule has 1 fully saturated rings. The van der Waals surface area contributed by atoms with Crippen LogP contribution in [-0.2, 0) is 9.59 Å². The summed E-state index contributed by atoms with van der Waals surface area (Å²) in [6.45, 7) is 11.1. The Kier molecular flexibility index (Phi) is 6.77. The van der Waals surface area contributed by atoms with Gasteiger partial charge in [0.2, 0.25) is 0 Å². The molecule has 30 heavy (non-hydrogen) atoms. The van der Waals surface area contributed by atoms with Crippen LogP contribution in [0.5, 0.6) is 0 Å². The maximum atomic E-state index is 13.0. The second-order valence-corrected chi connectivity index (χ2v) is 7.71. The molecule has 1 N–H and O–H groups in total. The first-order chi connectivity index (χ1) is 14.4. The largest absolute Gasteiger partial charge is 0.507 e. The number of aliphatic hydroxyl groups is 1. The third-order valence-electron chi connectivity index (χ3n) is 5.77. The summed E-state index contributed by atoms with van der Waals surface area (Å²) in [5.41, 5.74) is 2.45. The van der Waals surface area contributed by atoms with E-state index in [0.29, 0.717) is 17.9 Å². The molecule has 0 spiro atoms. The lowest BCUT2D eigenvalue weighted by molar-refractivity contribution is -0.140. The highest BCUT2D eigenvalue weighted by Gasteiger charge is 2.47. The molecular formula is C24H30N2O4. The predicted molar refractivity (Wildman–Crippen MR) is 116 cm³/mol. The molecule has 1 unspecified atom stereocenters. The maximum Gasteiger partial charge on any atom is 0.295 e. The van der Waals surface area contributed by atoms with Crippen molar-refractivity contribution in [2.24, 2.45) is 0 Å². The van der Waals surface area contributed by atoms with Gasteiger partial charge in [0.1, 0.15) is 17.6 Å². The van der Waals surface area contributed by atoms with Crippen molar-refractivity contribution < 1.29 is 19.1 Å². The lowest BCUT2D eigenvalue weighted by atomic mass is 9.96. The number of carbonyl (C=O) groups excluding carboxylic acids is 2. The molecule has 160 valence electrons. The molecule has 1 amide bonds. The van der Waals surface area contributed by atoms with Gasteiger partial charge in [0, 0.05) is 12.1 Å². The Bertz CT molecular complexity index is 942. The van der Waals surface area contributed by atoms with E-state index in [0.717, 1.165) is 37.2 Å². The zero-order valence-corrected chi connectivity index (χ0v) is 18.1. The first-order valence-corrected chi connectivity index (χ1v) is 10.5. The number of nitrogens with zero attached hydrogens (tertiary/aromatic N) is 2. The molecule has 2 heterocycles. The van der Waals surface area contributed by atoms with Crippen molar-refractivity contribution >= 4 is 17.4 Å². The summed E-state index contributed by atoms with van der Waals surface area (Å²) in [6.07, 6.45) is 2.25. The number of carbonyl (C=O) groups is 2. The number of ketones is 1. The van der Waals surface area contributed by atoms with Crippen LogP contribution in [0.1, 0.15) is 48.8 Å². The highest BCUT2D eigenvalue weighted by atomic mass is 16.3. The van der Waals surface area contributed by atoms with Crippen LogP contribution < -0.4 is 0 Å². The standard InChI is InChI=1S/C24H30N2O4/c1-5-25(6-2)12-8-13-26-21(19-9-7-14-30-19)20(23(28)24(26)29)22(27)18-15-16(3)10-11-17(18)4/h7,9-11,14-15,21,27H,5-6,8,12-13H2,1-4H3/b22-20-. The summed E-state index contributed by atoms with van der Waals surface area (Å²) in [5.74, 6) is -0.938. The monoisotopic (exact) mass is 410 g/mol. The highest BCUT2D eigenvalue weighted by molar-refractivity contribution is 6.46. The first-order valence-electron chi connectivity index (χ1n) is 10.5. The van der Waals surface area contributed by atoms with Crippen molar-refractivity contribution in [1.82, 2.24) is 9.80 Å². The Morgan fingerprint density at radius 1 is 1.17 bits per heavy atom. The van der Waals surface area contributed by atoms with E-state index >= 15 is 0 Å². The van der Waals surface area contributed by atoms with Gasteiger partial charge in [-0.2, -0.15) is 0 Å². The van der Waals surface area contributed by atoms with Crippen molar-refractivity contribution in [3.63, 3.8) is 0 Å². The van der Waals surface area contributed by atoms with Crippen molar-refractivity contribution in [3.05, 3.63) is 64.6 Å². The Balaban J connectivity index is 2.01. The number of rotatable bonds is 8. The van der Waals surface area contributed by atoms with Crippen LogP contribution in [-0.4, -0.2) is 52.8 Å². The van der Waals surface area contributed by atoms with E-state index < -0.39 is 17.7 Å². The fraction of sp³-hybridized carbons (Fsp3) is 0.417. The van der Waals surface area contributed by atoms with E-state index in [1.807, 2.05) is 32.0 Å². The van der Waals surface area contributed by atoms with Crippen LogP contribution in [0.25, 0.3) is 5.76 Å². The molecule has 3 rings (SSSR count). The second-order valence-electron chi connectivity index (χ2n) is 7.71. The number of hydrogen-bond donors (Lipinski definition) is 1. The number of aliphatic hydroxyl groups excluding tert-OH is 1. The van der Waals surface area contributed by atoms with E-state index in [1.54, 1.807) is 12.1 Å². The number of benzene rings is 1. The summed E-state index contributed by atoms with van der Waals surface area (Å²) in [7, 11) is 0. The van der Waals surface area contributed by atoms with Gasteiger partial charge < -0.3 is 19.3 Å². The maximum absolute atomic E-state index is 13.0. The quantitative estimate of drug-likeness (QED) is 0.404. The number of likely N-dealkylation sites (tertiary alicyclic amines) is 1. The Labute approximate surface area is 177 Å². The lowest BCUT2D eigenvalue weighted by Crippen LogP contribution is -2.33. The van der Waals surface area contributed by atoms with Crippen molar-refractivity contribution in [1.29, 1.82) is 0 Å². The predicted octanol–water partition coefficient (Wildman–Crippen LogP) is 4.05. The van der Waals surface area contributed by atoms with E-state index in [4.69, 9.17) is 4.42 Å². The average Bonchev–Trinajstić information content (AvgIpc) is 3.35. The minimum atomic E-state index is -0.725. The van der Waals surface area contributed by atoms with Gasteiger partial charge in [0.25, 0.3) is 11.7 Å². The minimum Gasteiger partial charge on any atom is -0.507 e. The molecule has 1 saturated heterocycles. The molecule has 1 aromatic heterocycles. The van der Waals surface area contributed by atoms with Crippen LogP contribution in [0.3, 0.4) is 0 Å². The van der Waals surface area contributed by atoms with Gasteiger partial charge in [-0.05, 0) is 63.7 Å². The molecule has 1 aliphatic heterocycles. The third-order valence-corrected chi connectivity index (χ3v) is 5.77. The van der Waals surface area contributed by atoms with Crippen LogP contribution >= 0.6 is 0 Å². The molecule has 2 aromatic rings. The molecule has 1 aliphatic rings. The average molecular weight is 411 g/mol. The van der Waals surface area contributed by atoms with Gasteiger partial charge in [0.05, 0.1) is 11.8 Å². The Hall–Kier alpha value is -2.86. The first kappa shape index (κ1) is 21.8. The number of furan rings is 1. The summed E-state index contributed by atoms with van der Waals surface area (Å²) in [4.78, 5) is 29.7.